The fourth-order valence-electron chi connectivity index (χ4n) is 2.77. The molecule has 6 heteroatoms. The van der Waals surface area contributed by atoms with Crippen LogP contribution in [0, 0.1) is 4.77 Å². The number of imidazole rings is 1. The highest BCUT2D eigenvalue weighted by Gasteiger charge is 2.17. The van der Waals surface area contributed by atoms with E-state index >= 15 is 0 Å². The van der Waals surface area contributed by atoms with E-state index in [1.165, 1.54) is 0 Å². The summed E-state index contributed by atoms with van der Waals surface area (Å²) in [6, 6.07) is 6.55. The highest BCUT2D eigenvalue weighted by atomic mass is 79.9. The molecular formula is C14H18BrN3OS. The van der Waals surface area contributed by atoms with Gasteiger partial charge in [0.25, 0.3) is 0 Å². The molecule has 1 aliphatic rings. The Morgan fingerprint density at radius 2 is 2.15 bits per heavy atom. The second-order valence-electron chi connectivity index (χ2n) is 5.22. The number of ether oxygens (including phenoxy) is 1. The number of H-pyrrole nitrogens is 1. The van der Waals surface area contributed by atoms with Crippen molar-refractivity contribution in [2.45, 2.75) is 13.0 Å². The normalized spacial score (nSPS) is 18.5. The van der Waals surface area contributed by atoms with Crippen molar-refractivity contribution in [1.82, 2.24) is 14.5 Å². The summed E-state index contributed by atoms with van der Waals surface area (Å²) in [6.45, 7) is 6.89. The summed E-state index contributed by atoms with van der Waals surface area (Å²) < 4.78 is 9.48. The third-order valence-corrected chi connectivity index (χ3v) is 4.54. The molecule has 0 radical (unpaired) electrons. The first-order valence-electron chi connectivity index (χ1n) is 6.85. The minimum absolute atomic E-state index is 0.337. The van der Waals surface area contributed by atoms with E-state index in [4.69, 9.17) is 17.0 Å². The van der Waals surface area contributed by atoms with Gasteiger partial charge in [-0.05, 0) is 37.3 Å². The van der Waals surface area contributed by atoms with Crippen molar-refractivity contribution >= 4 is 39.2 Å². The SMILES string of the molecule is CC(CN1CCOCC1)n1c(=S)[nH]c2ccc(Br)cc21. The average molecular weight is 356 g/mol. The zero-order valence-electron chi connectivity index (χ0n) is 11.4. The number of nitrogens with zero attached hydrogens (tertiary/aromatic N) is 2. The maximum atomic E-state index is 5.49. The van der Waals surface area contributed by atoms with Gasteiger partial charge in [0.15, 0.2) is 4.77 Å². The van der Waals surface area contributed by atoms with Crippen molar-refractivity contribution in [3.63, 3.8) is 0 Å². The number of rotatable bonds is 3. The van der Waals surface area contributed by atoms with E-state index < -0.39 is 0 Å². The third-order valence-electron chi connectivity index (χ3n) is 3.75. The Balaban J connectivity index is 1.90. The molecule has 0 spiro atoms. The molecule has 0 bridgehead atoms. The molecular weight excluding hydrogens is 338 g/mol. The van der Waals surface area contributed by atoms with Gasteiger partial charge in [0.2, 0.25) is 0 Å². The van der Waals surface area contributed by atoms with Crippen LogP contribution in [0.25, 0.3) is 11.0 Å². The van der Waals surface area contributed by atoms with E-state index in [1.807, 2.05) is 6.07 Å². The Kier molecular flexibility index (Phi) is 4.26. The lowest BCUT2D eigenvalue weighted by molar-refractivity contribution is 0.0327. The number of benzene rings is 1. The fourth-order valence-corrected chi connectivity index (χ4v) is 3.51. The molecule has 20 heavy (non-hydrogen) atoms. The number of aromatic amines is 1. The van der Waals surface area contributed by atoms with Crippen LogP contribution in [-0.2, 0) is 4.74 Å². The second kappa shape index (κ2) is 5.97. The number of aromatic nitrogens is 2. The molecule has 2 aromatic rings. The molecule has 0 amide bonds. The van der Waals surface area contributed by atoms with E-state index in [0.29, 0.717) is 6.04 Å². The first-order chi connectivity index (χ1) is 9.65. The molecule has 2 heterocycles. The van der Waals surface area contributed by atoms with E-state index in [9.17, 15) is 0 Å². The summed E-state index contributed by atoms with van der Waals surface area (Å²) in [7, 11) is 0. The molecule has 1 N–H and O–H groups in total. The van der Waals surface area contributed by atoms with Crippen molar-refractivity contribution in [2.24, 2.45) is 0 Å². The van der Waals surface area contributed by atoms with E-state index in [-0.39, 0.29) is 0 Å². The molecule has 1 aromatic heterocycles. The van der Waals surface area contributed by atoms with E-state index in [0.717, 1.165) is 53.1 Å². The Morgan fingerprint density at radius 3 is 2.90 bits per heavy atom. The predicted molar refractivity (Wildman–Crippen MR) is 86.8 cm³/mol. The molecule has 0 saturated carbocycles. The number of morpholine rings is 1. The lowest BCUT2D eigenvalue weighted by Crippen LogP contribution is -2.39. The summed E-state index contributed by atoms with van der Waals surface area (Å²) in [5, 5.41) is 0. The number of hydrogen-bond donors (Lipinski definition) is 1. The van der Waals surface area contributed by atoms with Gasteiger partial charge >= 0.3 is 0 Å². The first-order valence-corrected chi connectivity index (χ1v) is 8.05. The summed E-state index contributed by atoms with van der Waals surface area (Å²) in [5.41, 5.74) is 2.25. The quantitative estimate of drug-likeness (QED) is 0.857. The number of halogens is 1. The van der Waals surface area contributed by atoms with Gasteiger partial charge in [0, 0.05) is 30.1 Å². The molecule has 1 unspecified atom stereocenters. The highest BCUT2D eigenvalue weighted by Crippen LogP contribution is 2.23. The monoisotopic (exact) mass is 355 g/mol. The maximum Gasteiger partial charge on any atom is 0.178 e. The van der Waals surface area contributed by atoms with Crippen LogP contribution >= 0.6 is 28.1 Å². The molecule has 108 valence electrons. The average Bonchev–Trinajstić information content (AvgIpc) is 2.75. The van der Waals surface area contributed by atoms with Gasteiger partial charge in [-0.2, -0.15) is 0 Å². The largest absolute Gasteiger partial charge is 0.379 e. The van der Waals surface area contributed by atoms with Crippen molar-refractivity contribution in [3.8, 4) is 0 Å². The molecule has 1 saturated heterocycles. The Labute approximate surface area is 131 Å². The van der Waals surface area contributed by atoms with Gasteiger partial charge in [-0.15, -0.1) is 0 Å². The standard InChI is InChI=1S/C14H18BrN3OS/c1-10(9-17-4-6-19-7-5-17)18-13-8-11(15)2-3-12(13)16-14(18)20/h2-3,8,10H,4-7,9H2,1H3,(H,16,20). The van der Waals surface area contributed by atoms with Crippen molar-refractivity contribution in [3.05, 3.63) is 27.4 Å². The molecule has 4 nitrogen and oxygen atoms in total. The van der Waals surface area contributed by atoms with Crippen LogP contribution in [0.5, 0.6) is 0 Å². The second-order valence-corrected chi connectivity index (χ2v) is 6.53. The van der Waals surface area contributed by atoms with E-state index in [2.05, 4.69) is 49.4 Å². The van der Waals surface area contributed by atoms with Gasteiger partial charge in [-0.3, -0.25) is 4.90 Å². The van der Waals surface area contributed by atoms with Gasteiger partial charge in [-0.25, -0.2) is 0 Å². The van der Waals surface area contributed by atoms with Crippen LogP contribution in [0.2, 0.25) is 0 Å². The van der Waals surface area contributed by atoms with E-state index in [1.54, 1.807) is 0 Å². The number of hydrogen-bond acceptors (Lipinski definition) is 3. The van der Waals surface area contributed by atoms with Crippen molar-refractivity contribution in [1.29, 1.82) is 0 Å². The van der Waals surface area contributed by atoms with Crippen molar-refractivity contribution in [2.75, 3.05) is 32.8 Å². The Bertz CT molecular complexity index is 660. The summed E-state index contributed by atoms with van der Waals surface area (Å²) in [4.78, 5) is 5.72. The van der Waals surface area contributed by atoms with Crippen molar-refractivity contribution < 1.29 is 4.74 Å². The summed E-state index contributed by atoms with van der Waals surface area (Å²) in [6.07, 6.45) is 0. The van der Waals surface area contributed by atoms with Crippen LogP contribution in [-0.4, -0.2) is 47.3 Å². The lowest BCUT2D eigenvalue weighted by atomic mass is 10.2. The van der Waals surface area contributed by atoms with Gasteiger partial charge in [0.1, 0.15) is 0 Å². The van der Waals surface area contributed by atoms with Crippen LogP contribution in [0.4, 0.5) is 0 Å². The Morgan fingerprint density at radius 1 is 1.40 bits per heavy atom. The molecule has 1 fully saturated rings. The van der Waals surface area contributed by atoms with Crippen LogP contribution in [0.3, 0.4) is 0 Å². The first kappa shape index (κ1) is 14.3. The fraction of sp³-hybridized carbons (Fsp3) is 0.500. The number of nitrogens with one attached hydrogen (secondary N) is 1. The molecule has 3 rings (SSSR count). The third kappa shape index (κ3) is 2.83. The lowest BCUT2D eigenvalue weighted by Gasteiger charge is -2.29. The summed E-state index contributed by atoms with van der Waals surface area (Å²) in [5.74, 6) is 0. The van der Waals surface area contributed by atoms with Gasteiger partial charge < -0.3 is 14.3 Å². The van der Waals surface area contributed by atoms with Gasteiger partial charge in [0.05, 0.1) is 24.2 Å². The molecule has 1 aromatic carbocycles. The summed E-state index contributed by atoms with van der Waals surface area (Å²) >= 11 is 9.02. The topological polar surface area (TPSA) is 33.2 Å². The smallest absolute Gasteiger partial charge is 0.178 e. The zero-order valence-corrected chi connectivity index (χ0v) is 13.8. The number of fused-ring (bicyclic) bond motifs is 1. The van der Waals surface area contributed by atoms with Gasteiger partial charge in [-0.1, -0.05) is 15.9 Å². The Hall–Kier alpha value is -0.690. The van der Waals surface area contributed by atoms with Crippen LogP contribution in [0.15, 0.2) is 22.7 Å². The minimum Gasteiger partial charge on any atom is -0.379 e. The maximum absolute atomic E-state index is 5.49. The molecule has 1 atom stereocenters. The van der Waals surface area contributed by atoms with Crippen LogP contribution in [0.1, 0.15) is 13.0 Å². The highest BCUT2D eigenvalue weighted by molar-refractivity contribution is 9.10. The minimum atomic E-state index is 0.337. The van der Waals surface area contributed by atoms with Crippen LogP contribution < -0.4 is 0 Å². The predicted octanol–water partition coefficient (Wildman–Crippen LogP) is 3.35. The zero-order chi connectivity index (χ0) is 14.1. The molecule has 1 aliphatic heterocycles. The molecule has 0 aliphatic carbocycles.